The molecule has 15 heavy (non-hydrogen) atoms. The van der Waals surface area contributed by atoms with Crippen molar-refractivity contribution in [1.29, 1.82) is 0 Å². The average molecular weight is 214 g/mol. The first kappa shape index (κ1) is 13.5. The van der Waals surface area contributed by atoms with Crippen molar-refractivity contribution in [2.24, 2.45) is 0 Å². The number of hydrogen-bond acceptors (Lipinski definition) is 2. The Balaban J connectivity index is 4.34. The number of carboxylic acid groups (broad SMARTS) is 1. The summed E-state index contributed by atoms with van der Waals surface area (Å²) in [5.41, 5.74) is -1.21. The van der Waals surface area contributed by atoms with Gasteiger partial charge in [0.05, 0.1) is 0 Å². The molecular weight excluding hydrogens is 196 g/mol. The molecule has 0 saturated heterocycles. The molecule has 1 atom stereocenters. The fourth-order valence-corrected chi connectivity index (χ4v) is 1.18. The third-order valence-corrected chi connectivity index (χ3v) is 2.02. The van der Waals surface area contributed by atoms with E-state index in [-0.39, 0.29) is 0 Å². The highest BCUT2D eigenvalue weighted by atomic mass is 16.4. The van der Waals surface area contributed by atoms with Crippen LogP contribution in [-0.4, -0.2) is 29.2 Å². The minimum absolute atomic E-state index is 0.313. The maximum atomic E-state index is 11.3. The summed E-state index contributed by atoms with van der Waals surface area (Å²) in [7, 11) is 0. The summed E-state index contributed by atoms with van der Waals surface area (Å²) in [6, 6.07) is -0.492. The van der Waals surface area contributed by atoms with E-state index in [2.05, 4.69) is 17.2 Å². The fourth-order valence-electron chi connectivity index (χ4n) is 1.18. The maximum absolute atomic E-state index is 11.3. The molecule has 0 heterocycles. The smallest absolute Gasteiger partial charge is 0.329 e. The van der Waals surface area contributed by atoms with E-state index in [0.717, 1.165) is 0 Å². The van der Waals surface area contributed by atoms with E-state index in [4.69, 9.17) is 5.11 Å². The summed E-state index contributed by atoms with van der Waals surface area (Å²) < 4.78 is 0. The standard InChI is InChI=1S/C10H18N2O3/c1-4-6-10(3,8(13)14)12-9(15)11-7-5-2/h5H,2,4,6-7H2,1,3H3,(H,13,14)(H2,11,12,15). The third-order valence-electron chi connectivity index (χ3n) is 2.02. The fraction of sp³-hybridized carbons (Fsp3) is 0.600. The van der Waals surface area contributed by atoms with Crippen LogP contribution < -0.4 is 10.6 Å². The minimum Gasteiger partial charge on any atom is -0.480 e. The van der Waals surface area contributed by atoms with Crippen molar-refractivity contribution in [3.63, 3.8) is 0 Å². The molecule has 5 heteroatoms. The Morgan fingerprint density at radius 1 is 1.53 bits per heavy atom. The molecule has 1 unspecified atom stereocenters. The predicted molar refractivity (Wildman–Crippen MR) is 57.7 cm³/mol. The van der Waals surface area contributed by atoms with Crippen molar-refractivity contribution < 1.29 is 14.7 Å². The van der Waals surface area contributed by atoms with E-state index in [0.29, 0.717) is 19.4 Å². The van der Waals surface area contributed by atoms with Crippen molar-refractivity contribution in [1.82, 2.24) is 10.6 Å². The van der Waals surface area contributed by atoms with Crippen molar-refractivity contribution in [3.8, 4) is 0 Å². The van der Waals surface area contributed by atoms with E-state index in [1.165, 1.54) is 13.0 Å². The first-order valence-corrected chi connectivity index (χ1v) is 4.86. The second kappa shape index (κ2) is 6.06. The number of hydrogen-bond donors (Lipinski definition) is 3. The molecule has 0 aliphatic rings. The first-order chi connectivity index (χ1) is 6.96. The van der Waals surface area contributed by atoms with Crippen molar-refractivity contribution >= 4 is 12.0 Å². The van der Waals surface area contributed by atoms with Gasteiger partial charge < -0.3 is 15.7 Å². The SMILES string of the molecule is C=CCNC(=O)NC(C)(CCC)C(=O)O. The summed E-state index contributed by atoms with van der Waals surface area (Å²) in [6.45, 7) is 7.11. The van der Waals surface area contributed by atoms with Crippen molar-refractivity contribution in [2.45, 2.75) is 32.2 Å². The van der Waals surface area contributed by atoms with Gasteiger partial charge in [0, 0.05) is 6.54 Å². The lowest BCUT2D eigenvalue weighted by atomic mass is 9.97. The molecule has 0 bridgehead atoms. The highest BCUT2D eigenvalue weighted by Gasteiger charge is 2.33. The number of carboxylic acids is 1. The Kier molecular flexibility index (Phi) is 5.44. The molecule has 0 saturated carbocycles. The zero-order chi connectivity index (χ0) is 11.9. The number of aliphatic carboxylic acids is 1. The predicted octanol–water partition coefficient (Wildman–Crippen LogP) is 1.11. The Labute approximate surface area is 89.6 Å². The molecule has 0 aliphatic heterocycles. The topological polar surface area (TPSA) is 78.4 Å². The number of amides is 2. The van der Waals surface area contributed by atoms with Crippen LogP contribution in [0.3, 0.4) is 0 Å². The van der Waals surface area contributed by atoms with Crippen LogP contribution in [0.25, 0.3) is 0 Å². The molecule has 5 nitrogen and oxygen atoms in total. The molecule has 0 spiro atoms. The van der Waals surface area contributed by atoms with Crippen molar-refractivity contribution in [3.05, 3.63) is 12.7 Å². The third kappa shape index (κ3) is 4.49. The van der Waals surface area contributed by atoms with Crippen LogP contribution in [0.2, 0.25) is 0 Å². The molecule has 0 rings (SSSR count). The first-order valence-electron chi connectivity index (χ1n) is 4.86. The van der Waals surface area contributed by atoms with E-state index >= 15 is 0 Å². The zero-order valence-electron chi connectivity index (χ0n) is 9.17. The minimum atomic E-state index is -1.21. The number of urea groups is 1. The Hall–Kier alpha value is -1.52. The summed E-state index contributed by atoms with van der Waals surface area (Å²) in [6.07, 6.45) is 2.60. The number of carbonyl (C=O) groups excluding carboxylic acids is 1. The molecule has 2 amide bonds. The quantitative estimate of drug-likeness (QED) is 0.580. The van der Waals surface area contributed by atoms with Crippen LogP contribution >= 0.6 is 0 Å². The summed E-state index contributed by atoms with van der Waals surface area (Å²) >= 11 is 0. The van der Waals surface area contributed by atoms with E-state index < -0.39 is 17.5 Å². The van der Waals surface area contributed by atoms with Crippen LogP contribution in [0, 0.1) is 0 Å². The molecule has 0 aromatic rings. The van der Waals surface area contributed by atoms with Gasteiger partial charge in [0.15, 0.2) is 0 Å². The molecule has 0 aromatic heterocycles. The molecule has 0 fully saturated rings. The highest BCUT2D eigenvalue weighted by Crippen LogP contribution is 2.12. The second-order valence-corrected chi connectivity index (χ2v) is 3.51. The van der Waals surface area contributed by atoms with Crippen LogP contribution in [-0.2, 0) is 4.79 Å². The largest absolute Gasteiger partial charge is 0.480 e. The highest BCUT2D eigenvalue weighted by molar-refractivity contribution is 5.85. The molecule has 0 radical (unpaired) electrons. The van der Waals surface area contributed by atoms with Gasteiger partial charge in [-0.15, -0.1) is 6.58 Å². The van der Waals surface area contributed by atoms with Gasteiger partial charge in [0.25, 0.3) is 0 Å². The number of carbonyl (C=O) groups is 2. The monoisotopic (exact) mass is 214 g/mol. The van der Waals surface area contributed by atoms with Gasteiger partial charge >= 0.3 is 12.0 Å². The van der Waals surface area contributed by atoms with E-state index in [1.54, 1.807) is 0 Å². The summed E-state index contributed by atoms with van der Waals surface area (Å²) in [4.78, 5) is 22.2. The lowest BCUT2D eigenvalue weighted by Gasteiger charge is -2.25. The van der Waals surface area contributed by atoms with Crippen LogP contribution in [0.4, 0.5) is 4.79 Å². The molecule has 86 valence electrons. The lowest BCUT2D eigenvalue weighted by Crippen LogP contribution is -2.55. The number of rotatable bonds is 6. The van der Waals surface area contributed by atoms with Crippen molar-refractivity contribution in [2.75, 3.05) is 6.54 Å². The van der Waals surface area contributed by atoms with Gasteiger partial charge in [0.1, 0.15) is 5.54 Å². The van der Waals surface area contributed by atoms with Crippen LogP contribution in [0.5, 0.6) is 0 Å². The Morgan fingerprint density at radius 3 is 2.53 bits per heavy atom. The molecule has 3 N–H and O–H groups in total. The maximum Gasteiger partial charge on any atom is 0.329 e. The van der Waals surface area contributed by atoms with E-state index in [1.807, 2.05) is 6.92 Å². The molecule has 0 aliphatic carbocycles. The normalized spacial score (nSPS) is 13.7. The zero-order valence-corrected chi connectivity index (χ0v) is 9.17. The number of nitrogens with one attached hydrogen (secondary N) is 2. The summed E-state index contributed by atoms with van der Waals surface area (Å²) in [5, 5.41) is 13.9. The Bertz CT molecular complexity index is 253. The van der Waals surface area contributed by atoms with E-state index in [9.17, 15) is 9.59 Å². The second-order valence-electron chi connectivity index (χ2n) is 3.51. The Morgan fingerprint density at radius 2 is 2.13 bits per heavy atom. The van der Waals surface area contributed by atoms with Gasteiger partial charge in [-0.2, -0.15) is 0 Å². The summed E-state index contributed by atoms with van der Waals surface area (Å²) in [5.74, 6) is -1.03. The van der Waals surface area contributed by atoms with Gasteiger partial charge in [0.2, 0.25) is 0 Å². The van der Waals surface area contributed by atoms with Gasteiger partial charge in [-0.25, -0.2) is 9.59 Å². The van der Waals surface area contributed by atoms with Gasteiger partial charge in [-0.3, -0.25) is 0 Å². The average Bonchev–Trinajstić information content (AvgIpc) is 2.14. The van der Waals surface area contributed by atoms with Gasteiger partial charge in [-0.1, -0.05) is 19.4 Å². The van der Waals surface area contributed by atoms with Gasteiger partial charge in [-0.05, 0) is 13.3 Å². The molecule has 0 aromatic carbocycles. The molecular formula is C10H18N2O3. The van der Waals surface area contributed by atoms with Crippen LogP contribution in [0.15, 0.2) is 12.7 Å². The lowest BCUT2D eigenvalue weighted by molar-refractivity contribution is -0.144. The van der Waals surface area contributed by atoms with Crippen LogP contribution in [0.1, 0.15) is 26.7 Å².